The highest BCUT2D eigenvalue weighted by atomic mass is 79.9. The third-order valence-corrected chi connectivity index (χ3v) is 6.44. The minimum atomic E-state index is -3.43. The van der Waals surface area contributed by atoms with Crippen molar-refractivity contribution in [2.45, 2.75) is 63.3 Å². The summed E-state index contributed by atoms with van der Waals surface area (Å²) in [7, 11) is -3.43. The molecule has 3 nitrogen and oxygen atoms in total. The second-order valence-electron chi connectivity index (χ2n) is 5.68. The van der Waals surface area contributed by atoms with Gasteiger partial charge in [-0.3, -0.25) is 0 Å². The van der Waals surface area contributed by atoms with Crippen LogP contribution in [0.2, 0.25) is 0 Å². The highest BCUT2D eigenvalue weighted by molar-refractivity contribution is 9.10. The maximum absolute atomic E-state index is 12.6. The second kappa shape index (κ2) is 6.58. The molecule has 20 heavy (non-hydrogen) atoms. The third-order valence-electron chi connectivity index (χ3n) is 3.92. The Balaban J connectivity index is 2.23. The van der Waals surface area contributed by atoms with Gasteiger partial charge in [-0.2, -0.15) is 0 Å². The molecule has 1 aromatic carbocycles. The molecule has 0 aromatic heterocycles. The molecule has 0 heterocycles. The fourth-order valence-electron chi connectivity index (χ4n) is 2.78. The Bertz CT molecular complexity index is 576. The van der Waals surface area contributed by atoms with E-state index in [1.165, 1.54) is 12.8 Å². The van der Waals surface area contributed by atoms with Crippen molar-refractivity contribution in [3.05, 3.63) is 27.7 Å². The quantitative estimate of drug-likeness (QED) is 0.826. The summed E-state index contributed by atoms with van der Waals surface area (Å²) in [6, 6.07) is 3.71. The molecule has 1 fully saturated rings. The van der Waals surface area contributed by atoms with Crippen molar-refractivity contribution in [1.82, 2.24) is 4.72 Å². The lowest BCUT2D eigenvalue weighted by molar-refractivity contribution is 0.509. The average molecular weight is 360 g/mol. The summed E-state index contributed by atoms with van der Waals surface area (Å²) >= 11 is 3.42. The average Bonchev–Trinajstić information content (AvgIpc) is 2.61. The monoisotopic (exact) mass is 359 g/mol. The molecule has 0 radical (unpaired) electrons. The molecule has 0 unspecified atom stereocenters. The van der Waals surface area contributed by atoms with Crippen LogP contribution < -0.4 is 4.72 Å². The van der Waals surface area contributed by atoms with Crippen molar-refractivity contribution in [2.24, 2.45) is 0 Å². The lowest BCUT2D eigenvalue weighted by Gasteiger charge is -2.18. The number of sulfonamides is 1. The molecule has 0 aliphatic heterocycles. The fourth-order valence-corrected chi connectivity index (χ4v) is 4.83. The highest BCUT2D eigenvalue weighted by Crippen LogP contribution is 2.26. The molecule has 0 atom stereocenters. The molecule has 1 aromatic rings. The smallest absolute Gasteiger partial charge is 0.208 e. The van der Waals surface area contributed by atoms with E-state index in [0.29, 0.717) is 4.90 Å². The van der Waals surface area contributed by atoms with E-state index in [2.05, 4.69) is 20.7 Å². The molecule has 112 valence electrons. The van der Waals surface area contributed by atoms with Gasteiger partial charge in [-0.15, -0.1) is 0 Å². The van der Waals surface area contributed by atoms with Gasteiger partial charge in [0.1, 0.15) is 0 Å². The van der Waals surface area contributed by atoms with E-state index in [4.69, 9.17) is 0 Å². The lowest BCUT2D eigenvalue weighted by atomic mass is 10.1. The molecule has 1 saturated carbocycles. The van der Waals surface area contributed by atoms with Gasteiger partial charge in [0.15, 0.2) is 0 Å². The highest BCUT2D eigenvalue weighted by Gasteiger charge is 2.23. The van der Waals surface area contributed by atoms with Crippen molar-refractivity contribution in [1.29, 1.82) is 0 Å². The van der Waals surface area contributed by atoms with Gasteiger partial charge in [0.25, 0.3) is 0 Å². The number of halogens is 1. The van der Waals surface area contributed by atoms with E-state index in [0.717, 1.165) is 41.3 Å². The molecular weight excluding hydrogens is 338 g/mol. The van der Waals surface area contributed by atoms with Gasteiger partial charge in [-0.25, -0.2) is 13.1 Å². The maximum Gasteiger partial charge on any atom is 0.241 e. The molecule has 0 saturated heterocycles. The van der Waals surface area contributed by atoms with Crippen molar-refractivity contribution < 1.29 is 8.42 Å². The first kappa shape index (κ1) is 16.0. The summed E-state index contributed by atoms with van der Waals surface area (Å²) in [5.74, 6) is 0. The molecule has 0 bridgehead atoms. The van der Waals surface area contributed by atoms with E-state index in [9.17, 15) is 8.42 Å². The van der Waals surface area contributed by atoms with Crippen LogP contribution in [0.3, 0.4) is 0 Å². The summed E-state index contributed by atoms with van der Waals surface area (Å²) in [5.41, 5.74) is 1.85. The number of rotatable bonds is 3. The number of benzene rings is 1. The van der Waals surface area contributed by atoms with Crippen LogP contribution in [-0.4, -0.2) is 14.5 Å². The van der Waals surface area contributed by atoms with Crippen molar-refractivity contribution >= 4 is 26.0 Å². The Morgan fingerprint density at radius 1 is 1.05 bits per heavy atom. The van der Waals surface area contributed by atoms with Crippen LogP contribution >= 0.6 is 15.9 Å². The minimum Gasteiger partial charge on any atom is -0.208 e. The Labute approximate surface area is 130 Å². The van der Waals surface area contributed by atoms with Crippen molar-refractivity contribution in [3.8, 4) is 0 Å². The number of aryl methyl sites for hydroxylation is 2. The molecular formula is C15H22BrNO2S. The van der Waals surface area contributed by atoms with Crippen LogP contribution in [0.4, 0.5) is 0 Å². The predicted octanol–water partition coefficient (Wildman–Crippen LogP) is 4.07. The topological polar surface area (TPSA) is 46.2 Å². The Hall–Kier alpha value is -0.390. The normalized spacial score (nSPS) is 17.9. The van der Waals surface area contributed by atoms with Crippen molar-refractivity contribution in [3.63, 3.8) is 0 Å². The van der Waals surface area contributed by atoms with E-state index >= 15 is 0 Å². The standard InChI is InChI=1S/C15H22BrNO2S/c1-11-9-12(2)15(10-14(11)16)20(18,19)17-13-7-5-3-4-6-8-13/h9-10,13,17H,3-8H2,1-2H3. The van der Waals surface area contributed by atoms with Crippen molar-refractivity contribution in [2.75, 3.05) is 0 Å². The molecule has 5 heteroatoms. The van der Waals surface area contributed by atoms with Gasteiger partial charge >= 0.3 is 0 Å². The summed E-state index contributed by atoms with van der Waals surface area (Å²) in [5, 5.41) is 0. The summed E-state index contributed by atoms with van der Waals surface area (Å²) < 4.78 is 28.9. The first-order chi connectivity index (χ1) is 9.40. The van der Waals surface area contributed by atoms with Gasteiger partial charge in [0.05, 0.1) is 4.90 Å². The van der Waals surface area contributed by atoms with Crippen LogP contribution in [0, 0.1) is 13.8 Å². The summed E-state index contributed by atoms with van der Waals surface area (Å²) in [6.07, 6.45) is 6.56. The molecule has 2 rings (SSSR count). The summed E-state index contributed by atoms with van der Waals surface area (Å²) in [6.45, 7) is 3.81. The number of hydrogen-bond donors (Lipinski definition) is 1. The third kappa shape index (κ3) is 3.83. The molecule has 0 spiro atoms. The Morgan fingerprint density at radius 3 is 2.25 bits per heavy atom. The largest absolute Gasteiger partial charge is 0.241 e. The van der Waals surface area contributed by atoms with Gasteiger partial charge in [0.2, 0.25) is 10.0 Å². The molecule has 1 aliphatic rings. The van der Waals surface area contributed by atoms with E-state index in [-0.39, 0.29) is 6.04 Å². The van der Waals surface area contributed by atoms with Crippen LogP contribution in [0.5, 0.6) is 0 Å². The lowest BCUT2D eigenvalue weighted by Crippen LogP contribution is -2.34. The number of hydrogen-bond acceptors (Lipinski definition) is 2. The number of nitrogens with one attached hydrogen (secondary N) is 1. The van der Waals surface area contributed by atoms with Gasteiger partial charge in [-0.05, 0) is 43.9 Å². The Morgan fingerprint density at radius 2 is 1.65 bits per heavy atom. The Kier molecular flexibility index (Phi) is 5.26. The van der Waals surface area contributed by atoms with Crippen LogP contribution in [-0.2, 0) is 10.0 Å². The first-order valence-electron chi connectivity index (χ1n) is 7.19. The van der Waals surface area contributed by atoms with E-state index in [1.807, 2.05) is 19.9 Å². The van der Waals surface area contributed by atoms with Crippen LogP contribution in [0.15, 0.2) is 21.5 Å². The molecule has 1 N–H and O–H groups in total. The van der Waals surface area contributed by atoms with Gasteiger partial charge in [0, 0.05) is 10.5 Å². The zero-order valence-corrected chi connectivity index (χ0v) is 14.5. The molecule has 0 amide bonds. The van der Waals surface area contributed by atoms with Crippen LogP contribution in [0.1, 0.15) is 49.7 Å². The predicted molar refractivity (Wildman–Crippen MR) is 85.4 cm³/mol. The van der Waals surface area contributed by atoms with E-state index in [1.54, 1.807) is 6.07 Å². The molecule has 1 aliphatic carbocycles. The zero-order chi connectivity index (χ0) is 14.8. The summed E-state index contributed by atoms with van der Waals surface area (Å²) in [4.78, 5) is 0.388. The van der Waals surface area contributed by atoms with E-state index < -0.39 is 10.0 Å². The van der Waals surface area contributed by atoms with Gasteiger partial charge < -0.3 is 0 Å². The second-order valence-corrected chi connectivity index (χ2v) is 8.21. The van der Waals surface area contributed by atoms with Crippen LogP contribution in [0.25, 0.3) is 0 Å². The maximum atomic E-state index is 12.6. The minimum absolute atomic E-state index is 0.0852. The van der Waals surface area contributed by atoms with Gasteiger partial charge in [-0.1, -0.05) is 47.7 Å². The fraction of sp³-hybridized carbons (Fsp3) is 0.600. The SMILES string of the molecule is Cc1cc(C)c(S(=O)(=O)NC2CCCCCC2)cc1Br. The first-order valence-corrected chi connectivity index (χ1v) is 9.47. The zero-order valence-electron chi connectivity index (χ0n) is 12.1.